The number of aromatic carboxylic acids is 1. The molecule has 2 N–H and O–H groups in total. The molecule has 0 aliphatic heterocycles. The summed E-state index contributed by atoms with van der Waals surface area (Å²) in [6.07, 6.45) is 1.55. The second-order valence-corrected chi connectivity index (χ2v) is 9.27. The number of rotatable bonds is 8. The summed E-state index contributed by atoms with van der Waals surface area (Å²) < 4.78 is 7.61. The van der Waals surface area contributed by atoms with E-state index in [1.165, 1.54) is 12.1 Å². The van der Waals surface area contributed by atoms with E-state index < -0.39 is 11.9 Å². The molecule has 166 valence electrons. The zero-order valence-corrected chi connectivity index (χ0v) is 21.5. The fraction of sp³-hybridized carbons (Fsp3) is 0.0800. The number of carboxylic acids is 1. The second-order valence-electron chi connectivity index (χ2n) is 6.94. The maximum Gasteiger partial charge on any atom is 0.335 e. The zero-order valence-electron chi connectivity index (χ0n) is 17.2. The van der Waals surface area contributed by atoms with Crippen LogP contribution >= 0.6 is 45.2 Å². The molecule has 0 saturated heterocycles. The lowest BCUT2D eigenvalue weighted by molar-refractivity contribution is -0.117. The first kappa shape index (κ1) is 24.7. The quantitative estimate of drug-likeness (QED) is 0.191. The number of hydrogen-bond donors (Lipinski definition) is 2. The van der Waals surface area contributed by atoms with Gasteiger partial charge in [0.25, 0.3) is 5.91 Å². The van der Waals surface area contributed by atoms with Crippen molar-refractivity contribution >= 4 is 63.1 Å². The molecule has 3 aromatic carbocycles. The number of halogens is 2. The summed E-state index contributed by atoms with van der Waals surface area (Å²) in [6.45, 7) is 0.625. The number of amides is 1. The number of carboxylic acid groups (broad SMARTS) is 1. The Morgan fingerprint density at radius 3 is 2.21 bits per heavy atom. The van der Waals surface area contributed by atoms with Crippen LogP contribution in [0, 0.1) is 18.5 Å². The van der Waals surface area contributed by atoms with Crippen molar-refractivity contribution in [1.29, 1.82) is 5.26 Å². The minimum atomic E-state index is -0.972. The smallest absolute Gasteiger partial charge is 0.335 e. The Morgan fingerprint density at radius 2 is 1.64 bits per heavy atom. The molecule has 0 atom stereocenters. The molecule has 0 aliphatic rings. The highest BCUT2D eigenvalue weighted by Crippen LogP contribution is 2.30. The van der Waals surface area contributed by atoms with Crippen LogP contribution in [0.2, 0.25) is 0 Å². The standard InChI is InChI=1S/C25H18I2N2O4/c26-21-11-18(10-20(13-28)24(30)29-14-16-4-2-1-3-5-16)12-22(27)23(21)33-15-17-6-8-19(9-7-17)25(31)32/h1-12H,14-15H2,(H,29,30)(H,31,32)/b20-10-. The molecule has 1 amide bonds. The van der Waals surface area contributed by atoms with Crippen LogP contribution in [0.25, 0.3) is 6.08 Å². The van der Waals surface area contributed by atoms with Crippen molar-refractivity contribution < 1.29 is 19.4 Å². The number of ether oxygens (including phenoxy) is 1. The highest BCUT2D eigenvalue weighted by atomic mass is 127. The van der Waals surface area contributed by atoms with Crippen molar-refractivity contribution in [3.63, 3.8) is 0 Å². The third-order valence-electron chi connectivity index (χ3n) is 4.58. The van der Waals surface area contributed by atoms with Gasteiger partial charge in [-0.1, -0.05) is 42.5 Å². The zero-order chi connectivity index (χ0) is 23.8. The Kier molecular flexibility index (Phi) is 8.85. The lowest BCUT2D eigenvalue weighted by Crippen LogP contribution is -2.23. The lowest BCUT2D eigenvalue weighted by atomic mass is 10.1. The molecular formula is C25H18I2N2O4. The fourth-order valence-electron chi connectivity index (χ4n) is 2.89. The number of hydrogen-bond acceptors (Lipinski definition) is 4. The summed E-state index contributed by atoms with van der Waals surface area (Å²) in [6, 6.07) is 21.6. The van der Waals surface area contributed by atoms with Gasteiger partial charge in [0.2, 0.25) is 0 Å². The van der Waals surface area contributed by atoms with Crippen LogP contribution in [0.3, 0.4) is 0 Å². The third kappa shape index (κ3) is 7.03. The van der Waals surface area contributed by atoms with Gasteiger partial charge in [-0.05, 0) is 92.2 Å². The SMILES string of the molecule is N#C/C(=C/c1cc(I)c(OCc2ccc(C(=O)O)cc2)c(I)c1)C(=O)NCc1ccccc1. The van der Waals surface area contributed by atoms with Gasteiger partial charge < -0.3 is 15.2 Å². The maximum absolute atomic E-state index is 12.4. The van der Waals surface area contributed by atoms with Crippen LogP contribution in [0.5, 0.6) is 5.75 Å². The van der Waals surface area contributed by atoms with Gasteiger partial charge in [0.15, 0.2) is 0 Å². The van der Waals surface area contributed by atoms with E-state index in [0.29, 0.717) is 17.9 Å². The van der Waals surface area contributed by atoms with Crippen LogP contribution in [-0.4, -0.2) is 17.0 Å². The van der Waals surface area contributed by atoms with Crippen molar-refractivity contribution in [2.75, 3.05) is 0 Å². The lowest BCUT2D eigenvalue weighted by Gasteiger charge is -2.12. The average Bonchev–Trinajstić information content (AvgIpc) is 2.81. The molecule has 8 heteroatoms. The third-order valence-corrected chi connectivity index (χ3v) is 6.18. The molecule has 0 bridgehead atoms. The normalized spacial score (nSPS) is 10.9. The Balaban J connectivity index is 1.69. The molecule has 0 heterocycles. The molecule has 0 aromatic heterocycles. The number of nitriles is 1. The molecule has 6 nitrogen and oxygen atoms in total. The van der Waals surface area contributed by atoms with E-state index in [1.807, 2.05) is 48.5 Å². The van der Waals surface area contributed by atoms with Gasteiger partial charge in [0, 0.05) is 6.54 Å². The van der Waals surface area contributed by atoms with Gasteiger partial charge in [-0.2, -0.15) is 5.26 Å². The minimum Gasteiger partial charge on any atom is -0.487 e. The number of carbonyl (C=O) groups is 2. The molecule has 33 heavy (non-hydrogen) atoms. The van der Waals surface area contributed by atoms with Crippen molar-refractivity contribution in [3.8, 4) is 11.8 Å². The van der Waals surface area contributed by atoms with Gasteiger partial charge in [-0.25, -0.2) is 4.79 Å². The summed E-state index contributed by atoms with van der Waals surface area (Å²) >= 11 is 4.30. The van der Waals surface area contributed by atoms with E-state index in [2.05, 4.69) is 50.5 Å². The predicted octanol–water partition coefficient (Wildman–Crippen LogP) is 5.40. The molecular weight excluding hydrogens is 646 g/mol. The van der Waals surface area contributed by atoms with Crippen molar-refractivity contribution in [2.24, 2.45) is 0 Å². The first-order valence-corrected chi connectivity index (χ1v) is 11.9. The summed E-state index contributed by atoms with van der Waals surface area (Å²) in [4.78, 5) is 23.4. The number of nitrogens with one attached hydrogen (secondary N) is 1. The highest BCUT2D eigenvalue weighted by Gasteiger charge is 2.13. The summed E-state index contributed by atoms with van der Waals surface area (Å²) in [7, 11) is 0. The van der Waals surface area contributed by atoms with Crippen LogP contribution < -0.4 is 10.1 Å². The van der Waals surface area contributed by atoms with E-state index in [9.17, 15) is 14.9 Å². The van der Waals surface area contributed by atoms with Gasteiger partial charge in [0.05, 0.1) is 12.7 Å². The predicted molar refractivity (Wildman–Crippen MR) is 141 cm³/mol. The molecule has 0 spiro atoms. The topological polar surface area (TPSA) is 99.4 Å². The molecule has 3 aromatic rings. The van der Waals surface area contributed by atoms with Crippen molar-refractivity contribution in [2.45, 2.75) is 13.2 Å². The van der Waals surface area contributed by atoms with Crippen LogP contribution in [0.4, 0.5) is 0 Å². The molecule has 3 rings (SSSR count). The van der Waals surface area contributed by atoms with Crippen LogP contribution in [0.15, 0.2) is 72.3 Å². The summed E-state index contributed by atoms with van der Waals surface area (Å²) in [5.74, 6) is -0.722. The van der Waals surface area contributed by atoms with Gasteiger partial charge in [0.1, 0.15) is 24.0 Å². The largest absolute Gasteiger partial charge is 0.487 e. The number of benzene rings is 3. The van der Waals surface area contributed by atoms with Crippen molar-refractivity contribution in [3.05, 3.63) is 102 Å². The Hall–Kier alpha value is -2.91. The fourth-order valence-corrected chi connectivity index (χ4v) is 5.02. The Labute approximate surface area is 218 Å². The summed E-state index contributed by atoms with van der Waals surface area (Å²) in [5.41, 5.74) is 2.75. The molecule has 0 aliphatic carbocycles. The first-order valence-electron chi connectivity index (χ1n) is 9.75. The van der Waals surface area contributed by atoms with E-state index in [-0.39, 0.29) is 17.7 Å². The van der Waals surface area contributed by atoms with Gasteiger partial charge >= 0.3 is 5.97 Å². The molecule has 0 radical (unpaired) electrons. The highest BCUT2D eigenvalue weighted by molar-refractivity contribution is 14.1. The minimum absolute atomic E-state index is 0.0183. The van der Waals surface area contributed by atoms with Crippen LogP contribution in [-0.2, 0) is 17.9 Å². The van der Waals surface area contributed by atoms with E-state index in [1.54, 1.807) is 18.2 Å². The van der Waals surface area contributed by atoms with Crippen molar-refractivity contribution in [1.82, 2.24) is 5.32 Å². The number of carbonyl (C=O) groups excluding carboxylic acids is 1. The van der Waals surface area contributed by atoms with E-state index in [4.69, 9.17) is 9.84 Å². The first-order chi connectivity index (χ1) is 15.9. The van der Waals surface area contributed by atoms with E-state index in [0.717, 1.165) is 18.3 Å². The van der Waals surface area contributed by atoms with Gasteiger partial charge in [-0.3, -0.25) is 4.79 Å². The van der Waals surface area contributed by atoms with E-state index >= 15 is 0 Å². The Morgan fingerprint density at radius 1 is 1.00 bits per heavy atom. The summed E-state index contributed by atoms with van der Waals surface area (Å²) in [5, 5.41) is 21.2. The molecule has 0 saturated carbocycles. The molecule has 0 fully saturated rings. The second kappa shape index (κ2) is 11.8. The van der Waals surface area contributed by atoms with Crippen LogP contribution in [0.1, 0.15) is 27.0 Å². The Bertz CT molecular complexity index is 1210. The maximum atomic E-state index is 12.4. The number of nitrogens with zero attached hydrogens (tertiary/aromatic N) is 1. The molecule has 0 unspecified atom stereocenters. The monoisotopic (exact) mass is 664 g/mol. The average molecular weight is 664 g/mol. The van der Waals surface area contributed by atoms with Gasteiger partial charge in [-0.15, -0.1) is 0 Å².